The highest BCUT2D eigenvalue weighted by molar-refractivity contribution is 5.69. The van der Waals surface area contributed by atoms with E-state index >= 15 is 0 Å². The molecule has 0 bridgehead atoms. The quantitative estimate of drug-likeness (QED) is 0.0315. The first-order valence-corrected chi connectivity index (χ1v) is 20.0. The Bertz CT molecular complexity index is 802. The zero-order chi connectivity index (χ0) is 35.2. The van der Waals surface area contributed by atoms with Crippen LogP contribution in [0.2, 0.25) is 0 Å². The molecule has 1 saturated carbocycles. The summed E-state index contributed by atoms with van der Waals surface area (Å²) in [5.74, 6) is -0.870. The van der Waals surface area contributed by atoms with Crippen molar-refractivity contribution in [2.75, 3.05) is 13.2 Å². The summed E-state index contributed by atoms with van der Waals surface area (Å²) in [6.45, 7) is 4.03. The number of aliphatic hydroxyl groups excluding tert-OH is 4. The van der Waals surface area contributed by atoms with Gasteiger partial charge >= 0.3 is 11.9 Å². The minimum absolute atomic E-state index is 0.0288. The molecule has 8 heteroatoms. The van der Waals surface area contributed by atoms with Gasteiger partial charge in [0, 0.05) is 25.2 Å². The molecule has 0 radical (unpaired) electrons. The zero-order valence-corrected chi connectivity index (χ0v) is 30.8. The number of hydrogen-bond donors (Lipinski definition) is 4. The second-order valence-electron chi connectivity index (χ2n) is 14.4. The number of unbranched alkanes of at least 4 members (excludes halogenated alkanes) is 18. The Balaban J connectivity index is 2.01. The number of esters is 2. The van der Waals surface area contributed by atoms with Crippen molar-refractivity contribution in [1.29, 1.82) is 0 Å². The summed E-state index contributed by atoms with van der Waals surface area (Å²) in [5, 5.41) is 41.2. The monoisotopic (exact) mass is 683 g/mol. The molecule has 1 fully saturated rings. The Morgan fingerprint density at radius 3 is 1.56 bits per heavy atom. The number of ether oxygens (including phenoxy) is 2. The first-order chi connectivity index (χ1) is 23.3. The van der Waals surface area contributed by atoms with Crippen LogP contribution in [0.15, 0.2) is 12.2 Å². The van der Waals surface area contributed by atoms with E-state index in [9.17, 15) is 30.0 Å². The fourth-order valence-electron chi connectivity index (χ4n) is 6.77. The second-order valence-corrected chi connectivity index (χ2v) is 14.4. The van der Waals surface area contributed by atoms with Gasteiger partial charge in [-0.3, -0.25) is 9.59 Å². The van der Waals surface area contributed by atoms with Crippen LogP contribution in [0.5, 0.6) is 0 Å². The smallest absolute Gasteiger partial charge is 0.305 e. The standard InChI is InChI=1S/C40H74O8/c1-3-5-7-8-9-10-11-12-13-14-15-16-17-22-26-39(45)47-31-34(42)32-48-40(46)27-23-19-18-21-25-35-36(38(44)30-37(35)43)29-28-33(41)24-20-6-4-2/h28-29,33-38,41-44H,3-27,30-32H2,1-2H3/b29-28+/t33-,34+,35+,36+,37-,38+/m0/s1. The minimum Gasteiger partial charge on any atom is -0.463 e. The van der Waals surface area contributed by atoms with Gasteiger partial charge < -0.3 is 29.9 Å². The van der Waals surface area contributed by atoms with Crippen molar-refractivity contribution in [3.63, 3.8) is 0 Å². The number of aliphatic hydroxyl groups is 4. The van der Waals surface area contributed by atoms with Crippen molar-refractivity contribution in [3.05, 3.63) is 12.2 Å². The van der Waals surface area contributed by atoms with E-state index in [-0.39, 0.29) is 43.4 Å². The largest absolute Gasteiger partial charge is 0.463 e. The van der Waals surface area contributed by atoms with E-state index in [4.69, 9.17) is 9.47 Å². The molecule has 0 amide bonds. The molecule has 0 heterocycles. The predicted octanol–water partition coefficient (Wildman–Crippen LogP) is 8.50. The van der Waals surface area contributed by atoms with Crippen LogP contribution in [0.25, 0.3) is 0 Å². The van der Waals surface area contributed by atoms with Gasteiger partial charge in [-0.2, -0.15) is 0 Å². The average Bonchev–Trinajstić information content (AvgIpc) is 3.34. The van der Waals surface area contributed by atoms with Gasteiger partial charge in [0.05, 0.1) is 18.3 Å². The van der Waals surface area contributed by atoms with E-state index in [1.165, 1.54) is 70.6 Å². The van der Waals surface area contributed by atoms with E-state index in [0.717, 1.165) is 70.6 Å². The Labute approximate surface area is 293 Å². The van der Waals surface area contributed by atoms with Crippen LogP contribution in [0.1, 0.15) is 181 Å². The molecule has 6 atom stereocenters. The summed E-state index contributed by atoms with van der Waals surface area (Å²) >= 11 is 0. The Hall–Kier alpha value is -1.48. The number of carbonyl (C=O) groups excluding carboxylic acids is 2. The molecule has 282 valence electrons. The Morgan fingerprint density at radius 1 is 0.625 bits per heavy atom. The summed E-state index contributed by atoms with van der Waals surface area (Å²) in [4.78, 5) is 24.1. The lowest BCUT2D eigenvalue weighted by Crippen LogP contribution is -2.25. The molecule has 48 heavy (non-hydrogen) atoms. The van der Waals surface area contributed by atoms with E-state index in [1.807, 2.05) is 6.08 Å². The zero-order valence-electron chi connectivity index (χ0n) is 30.8. The molecule has 0 unspecified atom stereocenters. The lowest BCUT2D eigenvalue weighted by atomic mass is 9.88. The molecule has 0 spiro atoms. The molecule has 1 rings (SSSR count). The van der Waals surface area contributed by atoms with Crippen molar-refractivity contribution in [2.24, 2.45) is 11.8 Å². The molecule has 1 aliphatic carbocycles. The van der Waals surface area contributed by atoms with Gasteiger partial charge in [0.25, 0.3) is 0 Å². The normalized spacial score (nSPS) is 20.7. The van der Waals surface area contributed by atoms with Gasteiger partial charge in [0.2, 0.25) is 0 Å². The van der Waals surface area contributed by atoms with Crippen molar-refractivity contribution in [1.82, 2.24) is 0 Å². The average molecular weight is 683 g/mol. The molecular formula is C40H74O8. The molecule has 4 N–H and O–H groups in total. The van der Waals surface area contributed by atoms with Crippen molar-refractivity contribution in [2.45, 2.75) is 205 Å². The fourth-order valence-corrected chi connectivity index (χ4v) is 6.77. The van der Waals surface area contributed by atoms with Gasteiger partial charge in [0.1, 0.15) is 19.3 Å². The summed E-state index contributed by atoms with van der Waals surface area (Å²) in [6, 6.07) is 0. The maximum atomic E-state index is 12.1. The molecule has 0 aromatic heterocycles. The topological polar surface area (TPSA) is 134 Å². The third kappa shape index (κ3) is 23.8. The molecule has 8 nitrogen and oxygen atoms in total. The number of carbonyl (C=O) groups is 2. The maximum Gasteiger partial charge on any atom is 0.305 e. The lowest BCUT2D eigenvalue weighted by Gasteiger charge is -2.21. The predicted molar refractivity (Wildman–Crippen MR) is 193 cm³/mol. The van der Waals surface area contributed by atoms with Crippen LogP contribution in [0, 0.1) is 11.8 Å². The second kappa shape index (κ2) is 30.4. The van der Waals surface area contributed by atoms with Crippen molar-refractivity contribution < 1.29 is 39.5 Å². The van der Waals surface area contributed by atoms with Crippen LogP contribution in [0.4, 0.5) is 0 Å². The van der Waals surface area contributed by atoms with Crippen LogP contribution >= 0.6 is 0 Å². The highest BCUT2D eigenvalue weighted by atomic mass is 16.6. The lowest BCUT2D eigenvalue weighted by molar-refractivity contribution is -0.152. The molecule has 0 aliphatic heterocycles. The van der Waals surface area contributed by atoms with Gasteiger partial charge in [-0.15, -0.1) is 0 Å². The van der Waals surface area contributed by atoms with Crippen molar-refractivity contribution >= 4 is 11.9 Å². The molecule has 0 saturated heterocycles. The summed E-state index contributed by atoms with van der Waals surface area (Å²) < 4.78 is 10.3. The number of rotatable bonds is 32. The number of hydrogen-bond acceptors (Lipinski definition) is 8. The minimum atomic E-state index is -1.03. The SMILES string of the molecule is CCCCCCCCCCCCCCCCC(=O)OC[C@@H](O)COC(=O)CCCCCC[C@@H]1[C@@H](/C=C/[C@@H](O)CCCCC)[C@H](O)C[C@@H]1O. The van der Waals surface area contributed by atoms with Crippen molar-refractivity contribution in [3.8, 4) is 0 Å². The van der Waals surface area contributed by atoms with Crippen LogP contribution in [-0.4, -0.2) is 70.0 Å². The first-order valence-electron chi connectivity index (χ1n) is 20.0. The van der Waals surface area contributed by atoms with Crippen LogP contribution in [-0.2, 0) is 19.1 Å². The van der Waals surface area contributed by atoms with E-state index < -0.39 is 24.4 Å². The Kier molecular flexibility index (Phi) is 28.2. The van der Waals surface area contributed by atoms with Gasteiger partial charge in [-0.05, 0) is 31.6 Å². The summed E-state index contributed by atoms with van der Waals surface area (Å²) in [6.07, 6.45) is 27.6. The third-order valence-corrected chi connectivity index (χ3v) is 9.85. The van der Waals surface area contributed by atoms with Crippen LogP contribution in [0.3, 0.4) is 0 Å². The third-order valence-electron chi connectivity index (χ3n) is 9.85. The van der Waals surface area contributed by atoms with E-state index in [0.29, 0.717) is 19.3 Å². The Morgan fingerprint density at radius 2 is 1.06 bits per heavy atom. The van der Waals surface area contributed by atoms with Gasteiger partial charge in [-0.1, -0.05) is 148 Å². The van der Waals surface area contributed by atoms with E-state index in [1.54, 1.807) is 6.08 Å². The highest BCUT2D eigenvalue weighted by Crippen LogP contribution is 2.37. The van der Waals surface area contributed by atoms with E-state index in [2.05, 4.69) is 13.8 Å². The molecule has 1 aliphatic rings. The first kappa shape index (κ1) is 44.5. The van der Waals surface area contributed by atoms with Gasteiger partial charge in [0.15, 0.2) is 0 Å². The highest BCUT2D eigenvalue weighted by Gasteiger charge is 2.39. The molecule has 0 aromatic carbocycles. The van der Waals surface area contributed by atoms with Gasteiger partial charge in [-0.25, -0.2) is 0 Å². The molecular weight excluding hydrogens is 608 g/mol. The summed E-state index contributed by atoms with van der Waals surface area (Å²) in [7, 11) is 0. The van der Waals surface area contributed by atoms with Crippen LogP contribution < -0.4 is 0 Å². The molecule has 0 aromatic rings. The maximum absolute atomic E-state index is 12.1. The fraction of sp³-hybridized carbons (Fsp3) is 0.900. The summed E-state index contributed by atoms with van der Waals surface area (Å²) in [5.41, 5.74) is 0.